The molecule has 0 rings (SSSR count). The highest BCUT2D eigenvalue weighted by atomic mass is 27.2. The van der Waals surface area contributed by atoms with Gasteiger partial charge in [-0.25, -0.2) is 0 Å². The van der Waals surface area contributed by atoms with Gasteiger partial charge in [0.1, 0.15) is 6.29 Å². The van der Waals surface area contributed by atoms with Crippen molar-refractivity contribution in [2.75, 3.05) is 6.61 Å². The monoisotopic (exact) mass is 258 g/mol. The average Bonchev–Trinajstić information content (AvgIpc) is 2.29. The Kier molecular flexibility index (Phi) is 13.2. The molecule has 0 heterocycles. The SMILES string of the molecule is CCCCCCOC(C)[O][Al]([CH2]CC)[CH2]CC. The normalized spacial score (nSPS) is 12.7. The molecule has 102 valence electrons. The van der Waals surface area contributed by atoms with E-state index >= 15 is 0 Å². The number of hydrogen-bond donors (Lipinski definition) is 0. The minimum Gasteiger partial charge on any atom is -0.478 e. The molecule has 0 fully saturated rings. The van der Waals surface area contributed by atoms with Gasteiger partial charge in [0, 0.05) is 6.61 Å². The molecule has 0 spiro atoms. The van der Waals surface area contributed by atoms with E-state index in [0.717, 1.165) is 6.61 Å². The maximum Gasteiger partial charge on any atom is 0.462 e. The van der Waals surface area contributed by atoms with E-state index in [1.807, 2.05) is 0 Å². The lowest BCUT2D eigenvalue weighted by Gasteiger charge is -2.19. The summed E-state index contributed by atoms with van der Waals surface area (Å²) >= 11 is -0.982. The fraction of sp³-hybridized carbons (Fsp3) is 1.00. The van der Waals surface area contributed by atoms with Crippen molar-refractivity contribution in [1.82, 2.24) is 0 Å². The molecule has 0 aromatic carbocycles. The third kappa shape index (κ3) is 11.3. The summed E-state index contributed by atoms with van der Waals surface area (Å²) in [5.41, 5.74) is 0. The first-order valence-corrected chi connectivity index (χ1v) is 9.62. The molecule has 1 unspecified atom stereocenters. The third-order valence-corrected chi connectivity index (χ3v) is 6.17. The third-order valence-electron chi connectivity index (χ3n) is 2.96. The van der Waals surface area contributed by atoms with Crippen molar-refractivity contribution in [3.63, 3.8) is 0 Å². The van der Waals surface area contributed by atoms with Crippen molar-refractivity contribution in [1.29, 1.82) is 0 Å². The molecule has 0 bridgehead atoms. The lowest BCUT2D eigenvalue weighted by Crippen LogP contribution is -2.25. The van der Waals surface area contributed by atoms with Gasteiger partial charge in [-0.05, 0) is 13.3 Å². The Labute approximate surface area is 113 Å². The second kappa shape index (κ2) is 12.9. The van der Waals surface area contributed by atoms with Gasteiger partial charge in [-0.3, -0.25) is 0 Å². The quantitative estimate of drug-likeness (QED) is 0.285. The van der Waals surface area contributed by atoms with Gasteiger partial charge in [-0.15, -0.1) is 0 Å². The van der Waals surface area contributed by atoms with E-state index in [9.17, 15) is 0 Å². The van der Waals surface area contributed by atoms with Crippen LogP contribution >= 0.6 is 0 Å². The van der Waals surface area contributed by atoms with Gasteiger partial charge in [-0.2, -0.15) is 0 Å². The van der Waals surface area contributed by atoms with E-state index < -0.39 is 14.5 Å². The fourth-order valence-electron chi connectivity index (χ4n) is 2.01. The topological polar surface area (TPSA) is 18.5 Å². The summed E-state index contributed by atoms with van der Waals surface area (Å²) in [7, 11) is 0. The molecule has 0 aliphatic rings. The molecule has 0 aliphatic heterocycles. The molecule has 0 N–H and O–H groups in total. The van der Waals surface area contributed by atoms with Crippen LogP contribution in [0.1, 0.15) is 66.2 Å². The Balaban J connectivity index is 3.55. The van der Waals surface area contributed by atoms with Gasteiger partial charge in [0.2, 0.25) is 0 Å². The Morgan fingerprint density at radius 2 is 1.53 bits per heavy atom. The molecule has 0 aliphatic carbocycles. The first-order valence-electron chi connectivity index (χ1n) is 7.51. The second-order valence-corrected chi connectivity index (χ2v) is 7.51. The summed E-state index contributed by atoms with van der Waals surface area (Å²) in [4.78, 5) is 0. The summed E-state index contributed by atoms with van der Waals surface area (Å²) in [5, 5.41) is 2.58. The van der Waals surface area contributed by atoms with Gasteiger partial charge < -0.3 is 8.53 Å². The van der Waals surface area contributed by atoms with Crippen LogP contribution in [0, 0.1) is 0 Å². The molecule has 1 atom stereocenters. The summed E-state index contributed by atoms with van der Waals surface area (Å²) in [6.07, 6.45) is 7.59. The van der Waals surface area contributed by atoms with Gasteiger partial charge in [0.05, 0.1) is 0 Å². The zero-order chi connectivity index (χ0) is 12.9. The highest BCUT2D eigenvalue weighted by Crippen LogP contribution is 2.11. The van der Waals surface area contributed by atoms with E-state index in [1.165, 1.54) is 49.1 Å². The van der Waals surface area contributed by atoms with Crippen LogP contribution in [-0.4, -0.2) is 27.4 Å². The van der Waals surface area contributed by atoms with Crippen LogP contribution in [0.5, 0.6) is 0 Å². The molecule has 0 amide bonds. The smallest absolute Gasteiger partial charge is 0.462 e. The molecule has 3 heteroatoms. The van der Waals surface area contributed by atoms with Crippen molar-refractivity contribution in [2.45, 2.75) is 83.1 Å². The Bertz CT molecular complexity index is 147. The van der Waals surface area contributed by atoms with Crippen LogP contribution in [0.4, 0.5) is 0 Å². The Morgan fingerprint density at radius 3 is 2.06 bits per heavy atom. The number of unbranched alkanes of at least 4 members (excludes halogenated alkanes) is 3. The summed E-state index contributed by atoms with van der Waals surface area (Å²) < 4.78 is 11.8. The summed E-state index contributed by atoms with van der Waals surface area (Å²) in [6, 6.07) is 0. The van der Waals surface area contributed by atoms with Crippen LogP contribution < -0.4 is 0 Å². The van der Waals surface area contributed by atoms with Crippen molar-refractivity contribution in [3.8, 4) is 0 Å². The number of rotatable bonds is 12. The number of hydrogen-bond acceptors (Lipinski definition) is 2. The van der Waals surface area contributed by atoms with Crippen molar-refractivity contribution in [2.24, 2.45) is 0 Å². The van der Waals surface area contributed by atoms with Crippen molar-refractivity contribution < 1.29 is 8.53 Å². The zero-order valence-corrected chi connectivity index (χ0v) is 13.5. The lowest BCUT2D eigenvalue weighted by atomic mass is 10.2. The van der Waals surface area contributed by atoms with Crippen LogP contribution in [0.25, 0.3) is 0 Å². The van der Waals surface area contributed by atoms with Crippen LogP contribution in [0.3, 0.4) is 0 Å². The lowest BCUT2D eigenvalue weighted by molar-refractivity contribution is -0.0708. The van der Waals surface area contributed by atoms with Gasteiger partial charge in [0.15, 0.2) is 0 Å². The highest BCUT2D eigenvalue weighted by molar-refractivity contribution is 6.51. The largest absolute Gasteiger partial charge is 0.478 e. The summed E-state index contributed by atoms with van der Waals surface area (Å²) in [6.45, 7) is 9.65. The van der Waals surface area contributed by atoms with Gasteiger partial charge in [-0.1, -0.05) is 63.4 Å². The molecule has 0 saturated heterocycles. The Morgan fingerprint density at radius 1 is 0.882 bits per heavy atom. The Hall–Kier alpha value is 0.452. The average molecular weight is 258 g/mol. The first-order chi connectivity index (χ1) is 8.24. The molecule has 0 saturated carbocycles. The maximum absolute atomic E-state index is 6.05. The van der Waals surface area contributed by atoms with E-state index in [-0.39, 0.29) is 6.29 Å². The van der Waals surface area contributed by atoms with E-state index in [4.69, 9.17) is 8.53 Å². The molecule has 0 aromatic heterocycles. The maximum atomic E-state index is 6.05. The second-order valence-electron chi connectivity index (χ2n) is 4.83. The standard InChI is InChI=1S/C8H17O2.2C3H7.Al/c1-3-4-5-6-7-10-8(2)9;2*1-3-2;/h8H,3-7H2,1-2H3;2*1,3H2,2H3;/q-1;;;+1. The molecule has 17 heavy (non-hydrogen) atoms. The summed E-state index contributed by atoms with van der Waals surface area (Å²) in [5.74, 6) is 0. The van der Waals surface area contributed by atoms with Crippen LogP contribution in [0.15, 0.2) is 0 Å². The molecular formula is C14H31AlO2. The van der Waals surface area contributed by atoms with Gasteiger partial charge in [0.25, 0.3) is 0 Å². The van der Waals surface area contributed by atoms with E-state index in [1.54, 1.807) is 0 Å². The predicted octanol–water partition coefficient (Wildman–Crippen LogP) is 4.76. The van der Waals surface area contributed by atoms with Gasteiger partial charge >= 0.3 is 14.5 Å². The van der Waals surface area contributed by atoms with E-state index in [2.05, 4.69) is 27.7 Å². The zero-order valence-electron chi connectivity index (χ0n) is 12.3. The van der Waals surface area contributed by atoms with Crippen LogP contribution in [0.2, 0.25) is 10.6 Å². The fourth-order valence-corrected chi connectivity index (χ4v) is 4.48. The van der Waals surface area contributed by atoms with E-state index in [0.29, 0.717) is 0 Å². The molecule has 2 nitrogen and oxygen atoms in total. The van der Waals surface area contributed by atoms with Crippen molar-refractivity contribution in [3.05, 3.63) is 0 Å². The molecule has 0 radical (unpaired) electrons. The predicted molar refractivity (Wildman–Crippen MR) is 76.6 cm³/mol. The molecule has 0 aromatic rings. The number of ether oxygens (including phenoxy) is 1. The van der Waals surface area contributed by atoms with Crippen LogP contribution in [-0.2, 0) is 8.53 Å². The first kappa shape index (κ1) is 17.5. The minimum absolute atomic E-state index is 0.0198. The minimum atomic E-state index is -0.982. The van der Waals surface area contributed by atoms with Crippen molar-refractivity contribution >= 4 is 14.5 Å². The molecular weight excluding hydrogens is 227 g/mol. The highest BCUT2D eigenvalue weighted by Gasteiger charge is 2.20.